The van der Waals surface area contributed by atoms with Gasteiger partial charge in [0, 0.05) is 20.1 Å². The molecule has 44 valence electrons. The summed E-state index contributed by atoms with van der Waals surface area (Å²) in [4.78, 5) is 6.02. The molecule has 1 aliphatic rings. The Bertz CT molecular complexity index is 108. The molecule has 0 aromatic heterocycles. The van der Waals surface area contributed by atoms with E-state index in [1.807, 2.05) is 6.34 Å². The quantitative estimate of drug-likeness (QED) is 0.273. The van der Waals surface area contributed by atoms with E-state index in [2.05, 4.69) is 22.0 Å². The molecule has 1 rings (SSSR count). The van der Waals surface area contributed by atoms with E-state index in [-0.39, 0.29) is 0 Å². The zero-order valence-corrected chi connectivity index (χ0v) is 5.04. The van der Waals surface area contributed by atoms with Crippen molar-refractivity contribution < 1.29 is 0 Å². The van der Waals surface area contributed by atoms with Crippen LogP contribution in [0.4, 0.5) is 0 Å². The third-order valence-electron chi connectivity index (χ3n) is 1.13. The first-order valence-corrected chi connectivity index (χ1v) is 2.75. The van der Waals surface area contributed by atoms with E-state index in [9.17, 15) is 0 Å². The molecule has 1 aliphatic heterocycles. The molecule has 0 amide bonds. The molecule has 0 atom stereocenters. The standard InChI is InChI=1S/C6H10N2/c1-7-6-8-4-2-3-5-8/h2-3,6H,4-5H2,1H3/b7-6+. The molecule has 2 heteroatoms. The van der Waals surface area contributed by atoms with Crippen LogP contribution in [-0.4, -0.2) is 31.4 Å². The topological polar surface area (TPSA) is 15.6 Å². The zero-order chi connectivity index (χ0) is 5.82. The third kappa shape index (κ3) is 1.09. The Morgan fingerprint density at radius 1 is 1.50 bits per heavy atom. The highest BCUT2D eigenvalue weighted by Gasteiger charge is 1.97. The molecule has 8 heavy (non-hydrogen) atoms. The molecule has 0 bridgehead atoms. The van der Waals surface area contributed by atoms with Gasteiger partial charge in [-0.05, 0) is 0 Å². The van der Waals surface area contributed by atoms with Crippen molar-refractivity contribution in [3.63, 3.8) is 0 Å². The highest BCUT2D eigenvalue weighted by molar-refractivity contribution is 5.55. The van der Waals surface area contributed by atoms with Gasteiger partial charge in [-0.3, -0.25) is 4.99 Å². The summed E-state index contributed by atoms with van der Waals surface area (Å²) >= 11 is 0. The Morgan fingerprint density at radius 3 is 2.62 bits per heavy atom. The van der Waals surface area contributed by atoms with Crippen LogP contribution in [-0.2, 0) is 0 Å². The van der Waals surface area contributed by atoms with E-state index in [1.165, 1.54) is 0 Å². The summed E-state index contributed by atoms with van der Waals surface area (Å²) < 4.78 is 0. The molecule has 0 spiro atoms. The van der Waals surface area contributed by atoms with Crippen LogP contribution in [0.2, 0.25) is 0 Å². The summed E-state index contributed by atoms with van der Waals surface area (Å²) in [6.45, 7) is 2.05. The summed E-state index contributed by atoms with van der Waals surface area (Å²) in [7, 11) is 1.79. The van der Waals surface area contributed by atoms with Crippen LogP contribution in [0.25, 0.3) is 0 Å². The van der Waals surface area contributed by atoms with Gasteiger partial charge in [0.05, 0.1) is 6.34 Å². The van der Waals surface area contributed by atoms with Gasteiger partial charge < -0.3 is 4.90 Å². The molecule has 1 heterocycles. The number of nitrogens with zero attached hydrogens (tertiary/aromatic N) is 2. The van der Waals surface area contributed by atoms with E-state index in [0.29, 0.717) is 0 Å². The first-order valence-electron chi connectivity index (χ1n) is 2.75. The smallest absolute Gasteiger partial charge is 0.0851 e. The first kappa shape index (κ1) is 5.35. The molecule has 0 aromatic rings. The van der Waals surface area contributed by atoms with Gasteiger partial charge in [0.15, 0.2) is 0 Å². The fourth-order valence-electron chi connectivity index (χ4n) is 0.752. The molecule has 0 aliphatic carbocycles. The van der Waals surface area contributed by atoms with Crippen molar-refractivity contribution in [2.75, 3.05) is 20.1 Å². The Balaban J connectivity index is 2.30. The van der Waals surface area contributed by atoms with Gasteiger partial charge in [-0.25, -0.2) is 0 Å². The third-order valence-corrected chi connectivity index (χ3v) is 1.13. The van der Waals surface area contributed by atoms with Crippen LogP contribution < -0.4 is 0 Å². The fraction of sp³-hybridized carbons (Fsp3) is 0.500. The minimum atomic E-state index is 1.03. The largest absolute Gasteiger partial charge is 0.356 e. The highest BCUT2D eigenvalue weighted by atomic mass is 15.1. The second-order valence-electron chi connectivity index (χ2n) is 1.80. The lowest BCUT2D eigenvalue weighted by Gasteiger charge is -2.07. The summed E-state index contributed by atoms with van der Waals surface area (Å²) in [5.41, 5.74) is 0. The van der Waals surface area contributed by atoms with E-state index >= 15 is 0 Å². The van der Waals surface area contributed by atoms with Gasteiger partial charge in [-0.2, -0.15) is 0 Å². The van der Waals surface area contributed by atoms with Crippen molar-refractivity contribution in [2.24, 2.45) is 4.99 Å². The van der Waals surface area contributed by atoms with Crippen molar-refractivity contribution >= 4 is 6.34 Å². The zero-order valence-electron chi connectivity index (χ0n) is 5.04. The Labute approximate surface area is 49.5 Å². The summed E-state index contributed by atoms with van der Waals surface area (Å²) in [6.07, 6.45) is 6.14. The lowest BCUT2D eigenvalue weighted by Crippen LogP contribution is -2.16. The summed E-state index contributed by atoms with van der Waals surface area (Å²) in [5, 5.41) is 0. The predicted molar refractivity (Wildman–Crippen MR) is 35.1 cm³/mol. The minimum absolute atomic E-state index is 1.03. The molecular weight excluding hydrogens is 100 g/mol. The molecular formula is C6H10N2. The van der Waals surface area contributed by atoms with Gasteiger partial charge in [0.2, 0.25) is 0 Å². The highest BCUT2D eigenvalue weighted by Crippen LogP contribution is 1.93. The van der Waals surface area contributed by atoms with Crippen molar-refractivity contribution in [3.8, 4) is 0 Å². The maximum atomic E-state index is 3.88. The molecule has 0 fully saturated rings. The van der Waals surface area contributed by atoms with Crippen molar-refractivity contribution in [3.05, 3.63) is 12.2 Å². The number of rotatable bonds is 1. The molecule has 0 saturated heterocycles. The maximum absolute atomic E-state index is 3.88. The lowest BCUT2D eigenvalue weighted by atomic mass is 10.6. The van der Waals surface area contributed by atoms with Crippen LogP contribution in [0.15, 0.2) is 17.1 Å². The lowest BCUT2D eigenvalue weighted by molar-refractivity contribution is 0.556. The van der Waals surface area contributed by atoms with Crippen LogP contribution in [0.1, 0.15) is 0 Å². The van der Waals surface area contributed by atoms with Crippen molar-refractivity contribution in [2.45, 2.75) is 0 Å². The molecule has 0 saturated carbocycles. The average Bonchev–Trinajstić information content (AvgIpc) is 2.19. The van der Waals surface area contributed by atoms with Crippen LogP contribution >= 0.6 is 0 Å². The van der Waals surface area contributed by atoms with Crippen LogP contribution in [0, 0.1) is 0 Å². The number of hydrogen-bond acceptors (Lipinski definition) is 1. The molecule has 0 N–H and O–H groups in total. The average molecular weight is 110 g/mol. The maximum Gasteiger partial charge on any atom is 0.0851 e. The monoisotopic (exact) mass is 110 g/mol. The first-order chi connectivity index (χ1) is 3.93. The van der Waals surface area contributed by atoms with Crippen molar-refractivity contribution in [1.82, 2.24) is 4.90 Å². The summed E-state index contributed by atoms with van der Waals surface area (Å²) in [5.74, 6) is 0. The van der Waals surface area contributed by atoms with E-state index < -0.39 is 0 Å². The second kappa shape index (κ2) is 2.50. The molecule has 2 nitrogen and oxygen atoms in total. The summed E-state index contributed by atoms with van der Waals surface area (Å²) in [6, 6.07) is 0. The van der Waals surface area contributed by atoms with Gasteiger partial charge in [0.1, 0.15) is 0 Å². The molecule has 0 radical (unpaired) electrons. The van der Waals surface area contributed by atoms with E-state index in [1.54, 1.807) is 7.05 Å². The Morgan fingerprint density at radius 2 is 2.12 bits per heavy atom. The molecule has 0 unspecified atom stereocenters. The normalized spacial score (nSPS) is 18.9. The van der Waals surface area contributed by atoms with E-state index in [0.717, 1.165) is 13.1 Å². The van der Waals surface area contributed by atoms with Crippen LogP contribution in [0.3, 0.4) is 0 Å². The minimum Gasteiger partial charge on any atom is -0.356 e. The van der Waals surface area contributed by atoms with Gasteiger partial charge in [0.25, 0.3) is 0 Å². The fourth-order valence-corrected chi connectivity index (χ4v) is 0.752. The number of aliphatic imine (C=N–C) groups is 1. The predicted octanol–water partition coefficient (Wildman–Crippen LogP) is 0.516. The molecule has 0 aromatic carbocycles. The Hall–Kier alpha value is -0.790. The van der Waals surface area contributed by atoms with E-state index in [4.69, 9.17) is 0 Å². The van der Waals surface area contributed by atoms with Gasteiger partial charge >= 0.3 is 0 Å². The van der Waals surface area contributed by atoms with Gasteiger partial charge in [-0.15, -0.1) is 0 Å². The van der Waals surface area contributed by atoms with Gasteiger partial charge in [-0.1, -0.05) is 12.2 Å². The van der Waals surface area contributed by atoms with Crippen LogP contribution in [0.5, 0.6) is 0 Å². The van der Waals surface area contributed by atoms with Crippen molar-refractivity contribution in [1.29, 1.82) is 0 Å². The number of hydrogen-bond donors (Lipinski definition) is 0. The second-order valence-corrected chi connectivity index (χ2v) is 1.80. The SMILES string of the molecule is C/N=C/N1CC=CC1. The Kier molecular flexibility index (Phi) is 1.67.